The van der Waals surface area contributed by atoms with Gasteiger partial charge >= 0.3 is 6.16 Å². The minimum Gasteiger partial charge on any atom is -0.449 e. The van der Waals surface area contributed by atoms with Gasteiger partial charge in [0.2, 0.25) is 0 Å². The molecule has 0 bridgehead atoms. The highest BCUT2D eigenvalue weighted by atomic mass is 16.7. The van der Waals surface area contributed by atoms with Crippen LogP contribution in [0.15, 0.2) is 30.5 Å². The normalized spacial score (nSPS) is 11.0. The molecular weight excluding hydrogens is 310 g/mol. The zero-order valence-corrected chi connectivity index (χ0v) is 13.5. The van der Waals surface area contributed by atoms with Crippen molar-refractivity contribution in [1.29, 1.82) is 0 Å². The van der Waals surface area contributed by atoms with E-state index >= 15 is 0 Å². The maximum absolute atomic E-state index is 10.7. The molecule has 3 rings (SSSR count). The van der Waals surface area contributed by atoms with Gasteiger partial charge in [-0.05, 0) is 32.0 Å². The molecule has 0 spiro atoms. The van der Waals surface area contributed by atoms with E-state index in [1.54, 1.807) is 24.4 Å². The molecule has 0 atom stereocenters. The number of benzene rings is 1. The number of hydrogen-bond acceptors (Lipinski definition) is 6. The number of nitrogens with zero attached hydrogens (tertiary/aromatic N) is 4. The van der Waals surface area contributed by atoms with E-state index in [2.05, 4.69) is 20.2 Å². The summed E-state index contributed by atoms with van der Waals surface area (Å²) in [5.74, 6) is 0.881. The monoisotopic (exact) mass is 327 g/mol. The molecule has 8 heteroatoms. The molecule has 0 radical (unpaired) electrons. The summed E-state index contributed by atoms with van der Waals surface area (Å²) in [6.45, 7) is 4.10. The third-order valence-electron chi connectivity index (χ3n) is 3.69. The van der Waals surface area contributed by atoms with Crippen LogP contribution in [0.1, 0.15) is 13.8 Å². The van der Waals surface area contributed by atoms with E-state index in [9.17, 15) is 4.79 Å². The molecule has 0 amide bonds. The summed E-state index contributed by atoms with van der Waals surface area (Å²) in [4.78, 5) is 22.0. The van der Waals surface area contributed by atoms with E-state index in [-0.39, 0.29) is 11.8 Å². The van der Waals surface area contributed by atoms with Gasteiger partial charge in [-0.2, -0.15) is 5.10 Å². The number of nitrogens with one attached hydrogen (secondary N) is 1. The first-order valence-electron chi connectivity index (χ1n) is 7.41. The molecule has 8 nitrogen and oxygen atoms in total. The summed E-state index contributed by atoms with van der Waals surface area (Å²) < 4.78 is 4.69. The lowest BCUT2D eigenvalue weighted by Crippen LogP contribution is -2.27. The second-order valence-corrected chi connectivity index (χ2v) is 5.59. The fraction of sp³-hybridized carbons (Fsp3) is 0.250. The van der Waals surface area contributed by atoms with Gasteiger partial charge in [-0.3, -0.25) is 5.10 Å². The Bertz CT molecular complexity index is 877. The minimum atomic E-state index is -1.36. The largest absolute Gasteiger partial charge is 0.511 e. The van der Waals surface area contributed by atoms with Gasteiger partial charge in [-0.1, -0.05) is 0 Å². The average molecular weight is 327 g/mol. The Balaban J connectivity index is 2.18. The van der Waals surface area contributed by atoms with Crippen molar-refractivity contribution in [2.75, 3.05) is 11.9 Å². The van der Waals surface area contributed by atoms with Crippen LogP contribution >= 0.6 is 0 Å². The van der Waals surface area contributed by atoms with Gasteiger partial charge in [0.1, 0.15) is 11.4 Å². The molecule has 0 unspecified atom stereocenters. The molecule has 2 aromatic heterocycles. The number of H-pyrrole nitrogens is 1. The Labute approximate surface area is 138 Å². The maximum Gasteiger partial charge on any atom is 0.511 e. The number of hydrogen-bond donors (Lipinski definition) is 2. The standard InChI is InChI=1S/C16H17N5O3/c1-9(2)21(3)15-14(12-6-7-17-20-12)18-11-5-4-10(24-16(22)23)8-13(11)19-15/h4-9H,1-3H3,(H,17,20)(H,22,23). The number of fused-ring (bicyclic) bond motifs is 1. The third kappa shape index (κ3) is 2.98. The maximum atomic E-state index is 10.7. The predicted octanol–water partition coefficient (Wildman–Crippen LogP) is 2.92. The Morgan fingerprint density at radius 2 is 2.04 bits per heavy atom. The van der Waals surface area contributed by atoms with Crippen LogP contribution in [0.2, 0.25) is 0 Å². The van der Waals surface area contributed by atoms with E-state index in [0.717, 1.165) is 5.69 Å². The second-order valence-electron chi connectivity index (χ2n) is 5.59. The van der Waals surface area contributed by atoms with Crippen molar-refractivity contribution in [2.45, 2.75) is 19.9 Å². The van der Waals surface area contributed by atoms with Crippen LogP contribution in [0.25, 0.3) is 22.4 Å². The van der Waals surface area contributed by atoms with Gasteiger partial charge in [0.05, 0.1) is 16.7 Å². The van der Waals surface area contributed by atoms with Crippen LogP contribution in [-0.4, -0.2) is 44.5 Å². The zero-order valence-electron chi connectivity index (χ0n) is 13.5. The lowest BCUT2D eigenvalue weighted by Gasteiger charge is -2.24. The Morgan fingerprint density at radius 1 is 1.25 bits per heavy atom. The van der Waals surface area contributed by atoms with Crippen LogP contribution in [0, 0.1) is 0 Å². The number of carboxylic acid groups (broad SMARTS) is 1. The van der Waals surface area contributed by atoms with Crippen molar-refractivity contribution in [3.8, 4) is 17.1 Å². The number of aromatic nitrogens is 4. The third-order valence-corrected chi connectivity index (χ3v) is 3.69. The second kappa shape index (κ2) is 6.15. The van der Waals surface area contributed by atoms with Crippen LogP contribution < -0.4 is 9.64 Å². The van der Waals surface area contributed by atoms with Crippen LogP contribution in [0.5, 0.6) is 5.75 Å². The number of ether oxygens (including phenoxy) is 1. The van der Waals surface area contributed by atoms with E-state index in [4.69, 9.17) is 9.84 Å². The summed E-state index contributed by atoms with van der Waals surface area (Å²) >= 11 is 0. The first-order chi connectivity index (χ1) is 11.5. The van der Waals surface area contributed by atoms with Gasteiger partial charge in [0.15, 0.2) is 5.82 Å². The Morgan fingerprint density at radius 3 is 2.67 bits per heavy atom. The van der Waals surface area contributed by atoms with Gasteiger partial charge < -0.3 is 14.7 Å². The van der Waals surface area contributed by atoms with Crippen molar-refractivity contribution < 1.29 is 14.6 Å². The molecule has 0 saturated carbocycles. The molecule has 0 fully saturated rings. The number of rotatable bonds is 4. The van der Waals surface area contributed by atoms with Crippen molar-refractivity contribution in [3.05, 3.63) is 30.5 Å². The summed E-state index contributed by atoms with van der Waals surface area (Å²) in [5.41, 5.74) is 2.64. The van der Waals surface area contributed by atoms with Crippen molar-refractivity contribution in [3.63, 3.8) is 0 Å². The van der Waals surface area contributed by atoms with Gasteiger partial charge in [0.25, 0.3) is 0 Å². The molecule has 0 aliphatic rings. The number of carbonyl (C=O) groups is 1. The Hall–Kier alpha value is -3.16. The summed E-state index contributed by atoms with van der Waals surface area (Å²) in [6, 6.07) is 6.82. The predicted molar refractivity (Wildman–Crippen MR) is 89.3 cm³/mol. The molecule has 124 valence electrons. The highest BCUT2D eigenvalue weighted by Crippen LogP contribution is 2.30. The molecule has 0 aliphatic carbocycles. The lowest BCUT2D eigenvalue weighted by molar-refractivity contribution is 0.144. The van der Waals surface area contributed by atoms with Crippen molar-refractivity contribution in [1.82, 2.24) is 20.2 Å². The zero-order chi connectivity index (χ0) is 17.3. The lowest BCUT2D eigenvalue weighted by atomic mass is 10.2. The van der Waals surface area contributed by atoms with Crippen LogP contribution in [-0.2, 0) is 0 Å². The van der Waals surface area contributed by atoms with Gasteiger partial charge in [0, 0.05) is 25.4 Å². The van der Waals surface area contributed by atoms with Gasteiger partial charge in [-0.25, -0.2) is 14.8 Å². The average Bonchev–Trinajstić information content (AvgIpc) is 3.06. The van der Waals surface area contributed by atoms with E-state index < -0.39 is 6.16 Å². The van der Waals surface area contributed by atoms with Crippen LogP contribution in [0.3, 0.4) is 0 Å². The molecule has 3 aromatic rings. The van der Waals surface area contributed by atoms with Crippen molar-refractivity contribution in [2.24, 2.45) is 0 Å². The molecule has 24 heavy (non-hydrogen) atoms. The quantitative estimate of drug-likeness (QED) is 0.560. The number of aromatic amines is 1. The topological polar surface area (TPSA) is 104 Å². The number of anilines is 1. The molecular formula is C16H17N5O3. The van der Waals surface area contributed by atoms with Crippen molar-refractivity contribution >= 4 is 23.0 Å². The first-order valence-corrected chi connectivity index (χ1v) is 7.41. The highest BCUT2D eigenvalue weighted by Gasteiger charge is 2.18. The fourth-order valence-electron chi connectivity index (χ4n) is 2.25. The fourth-order valence-corrected chi connectivity index (χ4v) is 2.25. The Kier molecular flexibility index (Phi) is 4.03. The first kappa shape index (κ1) is 15.7. The smallest absolute Gasteiger partial charge is 0.449 e. The van der Waals surface area contributed by atoms with Crippen LogP contribution in [0.4, 0.5) is 10.6 Å². The molecule has 2 N–H and O–H groups in total. The van der Waals surface area contributed by atoms with E-state index in [1.165, 1.54) is 0 Å². The highest BCUT2D eigenvalue weighted by molar-refractivity contribution is 5.84. The molecule has 2 heterocycles. The van der Waals surface area contributed by atoms with E-state index in [0.29, 0.717) is 22.5 Å². The minimum absolute atomic E-state index is 0.205. The van der Waals surface area contributed by atoms with E-state index in [1.807, 2.05) is 31.9 Å². The SMILES string of the molecule is CC(C)N(C)c1nc2cc(OC(=O)O)ccc2nc1-c1ccn[nH]1. The van der Waals surface area contributed by atoms with Gasteiger partial charge in [-0.15, -0.1) is 0 Å². The molecule has 1 aromatic carbocycles. The molecule has 0 aliphatic heterocycles. The summed E-state index contributed by atoms with van der Waals surface area (Å²) in [5, 5.41) is 15.6. The molecule has 0 saturated heterocycles. The summed E-state index contributed by atoms with van der Waals surface area (Å²) in [6.07, 6.45) is 0.292. The summed E-state index contributed by atoms with van der Waals surface area (Å²) in [7, 11) is 1.93.